The zero-order chi connectivity index (χ0) is 27.3. The van der Waals surface area contributed by atoms with Gasteiger partial charge in [-0.3, -0.25) is 0 Å². The molecule has 41 heavy (non-hydrogen) atoms. The molecule has 2 aromatic heterocycles. The maximum atomic E-state index is 10.6. The highest BCUT2D eigenvalue weighted by Gasteiger charge is 2.19. The maximum absolute atomic E-state index is 10.6. The summed E-state index contributed by atoms with van der Waals surface area (Å²) in [5.74, 6) is 0.225. The first-order chi connectivity index (χ1) is 20.2. The molecule has 0 spiro atoms. The molecule has 6 aromatic carbocycles. The number of fused-ring (bicyclic) bond motifs is 4. The van der Waals surface area contributed by atoms with E-state index >= 15 is 0 Å². The first-order valence-corrected chi connectivity index (χ1v) is 14.3. The number of hydrogen-bond acceptors (Lipinski definition) is 4. The van der Waals surface area contributed by atoms with Gasteiger partial charge >= 0.3 is 0 Å². The lowest BCUT2D eigenvalue weighted by Crippen LogP contribution is -1.86. The lowest BCUT2D eigenvalue weighted by molar-refractivity contribution is 0.477. The van der Waals surface area contributed by atoms with Gasteiger partial charge in [0.05, 0.1) is 15.8 Å². The van der Waals surface area contributed by atoms with E-state index in [1.165, 1.54) is 11.1 Å². The molecule has 4 heteroatoms. The van der Waals surface area contributed by atoms with Crippen molar-refractivity contribution in [1.82, 2.24) is 4.98 Å². The summed E-state index contributed by atoms with van der Waals surface area (Å²) in [6, 6.07) is 45.4. The van der Waals surface area contributed by atoms with Crippen molar-refractivity contribution >= 4 is 43.5 Å². The summed E-state index contributed by atoms with van der Waals surface area (Å²) in [6.45, 7) is 0. The number of aromatic hydroxyl groups is 1. The van der Waals surface area contributed by atoms with Crippen molar-refractivity contribution in [2.75, 3.05) is 0 Å². The van der Waals surface area contributed by atoms with Gasteiger partial charge in [0.1, 0.15) is 21.9 Å². The summed E-state index contributed by atoms with van der Waals surface area (Å²) in [7, 11) is 0. The fourth-order valence-electron chi connectivity index (χ4n) is 5.64. The average molecular weight is 546 g/mol. The van der Waals surface area contributed by atoms with E-state index in [2.05, 4.69) is 84.9 Å². The number of rotatable bonds is 4. The summed E-state index contributed by atoms with van der Waals surface area (Å²) in [5, 5.41) is 13.6. The van der Waals surface area contributed by atoms with Crippen LogP contribution in [0.15, 0.2) is 138 Å². The molecule has 0 unspecified atom stereocenters. The third-order valence-corrected chi connectivity index (χ3v) is 8.66. The molecule has 0 amide bonds. The summed E-state index contributed by atoms with van der Waals surface area (Å²) in [6.07, 6.45) is 0. The molecule has 0 radical (unpaired) electrons. The van der Waals surface area contributed by atoms with Gasteiger partial charge in [0.25, 0.3) is 0 Å². The Labute approximate surface area is 240 Å². The molecular formula is C37H23NO2S. The highest BCUT2D eigenvalue weighted by molar-refractivity contribution is 7.21. The monoisotopic (exact) mass is 545 g/mol. The van der Waals surface area contributed by atoms with Crippen LogP contribution < -0.4 is 0 Å². The van der Waals surface area contributed by atoms with Gasteiger partial charge in [0.15, 0.2) is 0 Å². The van der Waals surface area contributed by atoms with Crippen molar-refractivity contribution in [3.8, 4) is 49.7 Å². The average Bonchev–Trinajstić information content (AvgIpc) is 3.63. The summed E-state index contributed by atoms with van der Waals surface area (Å²) in [4.78, 5) is 5.10. The molecule has 8 rings (SSSR count). The highest BCUT2D eigenvalue weighted by atomic mass is 32.1. The first kappa shape index (κ1) is 23.7. The minimum Gasteiger partial charge on any atom is -0.507 e. The van der Waals surface area contributed by atoms with E-state index in [1.54, 1.807) is 17.4 Å². The van der Waals surface area contributed by atoms with E-state index in [4.69, 9.17) is 9.40 Å². The number of phenols is 1. The number of furan rings is 1. The van der Waals surface area contributed by atoms with Crippen LogP contribution in [-0.2, 0) is 0 Å². The molecule has 1 N–H and O–H groups in total. The SMILES string of the molecule is Oc1ccccc1-c1nc2c(-c3cccc4c3oc3ccccc34)cc(-c3cccc(-c4ccccc4)c3)cc2s1. The second kappa shape index (κ2) is 9.47. The molecule has 0 aliphatic rings. The standard InChI is InChI=1S/C37H23NO2S/c39-32-18-6-4-15-30(32)37-38-35-31(29-17-9-16-28-27-14-5-7-19-33(27)40-36(28)29)21-26(22-34(35)41-37)25-13-8-12-24(20-25)23-10-2-1-3-11-23/h1-22,39H. The molecule has 0 saturated carbocycles. The van der Waals surface area contributed by atoms with Crippen molar-refractivity contribution in [1.29, 1.82) is 0 Å². The first-order valence-electron chi connectivity index (χ1n) is 13.5. The molecule has 2 heterocycles. The van der Waals surface area contributed by atoms with Crippen molar-refractivity contribution in [2.24, 2.45) is 0 Å². The molecule has 0 fully saturated rings. The Morgan fingerprint density at radius 2 is 1.22 bits per heavy atom. The fourth-order valence-corrected chi connectivity index (χ4v) is 6.71. The third kappa shape index (κ3) is 4.00. The van der Waals surface area contributed by atoms with Crippen LogP contribution in [0.3, 0.4) is 0 Å². The lowest BCUT2D eigenvalue weighted by atomic mass is 9.95. The molecule has 0 atom stereocenters. The molecule has 3 nitrogen and oxygen atoms in total. The van der Waals surface area contributed by atoms with Gasteiger partial charge in [-0.1, -0.05) is 97.1 Å². The van der Waals surface area contributed by atoms with Crippen LogP contribution in [0, 0.1) is 0 Å². The topological polar surface area (TPSA) is 46.3 Å². The number of nitrogens with zero attached hydrogens (tertiary/aromatic N) is 1. The molecule has 0 aliphatic heterocycles. The second-order valence-electron chi connectivity index (χ2n) is 10.1. The van der Waals surface area contributed by atoms with Crippen LogP contribution in [0.5, 0.6) is 5.75 Å². The minimum atomic E-state index is 0.225. The van der Waals surface area contributed by atoms with Crippen LogP contribution in [0.4, 0.5) is 0 Å². The molecular weight excluding hydrogens is 522 g/mol. The maximum Gasteiger partial charge on any atom is 0.143 e. The molecule has 0 aliphatic carbocycles. The van der Waals surface area contributed by atoms with Crippen LogP contribution in [0.25, 0.3) is 76.1 Å². The normalized spacial score (nSPS) is 11.5. The van der Waals surface area contributed by atoms with Crippen LogP contribution in [0.1, 0.15) is 0 Å². The molecule has 8 aromatic rings. The third-order valence-electron chi connectivity index (χ3n) is 7.63. The predicted octanol–water partition coefficient (Wildman–Crippen LogP) is 10.6. The van der Waals surface area contributed by atoms with Gasteiger partial charge in [-0.15, -0.1) is 11.3 Å². The van der Waals surface area contributed by atoms with Crippen LogP contribution >= 0.6 is 11.3 Å². The van der Waals surface area contributed by atoms with E-state index in [0.29, 0.717) is 0 Å². The van der Waals surface area contributed by atoms with Gasteiger partial charge < -0.3 is 9.52 Å². The van der Waals surface area contributed by atoms with E-state index in [1.807, 2.05) is 42.5 Å². The van der Waals surface area contributed by atoms with Crippen LogP contribution in [-0.4, -0.2) is 10.1 Å². The highest BCUT2D eigenvalue weighted by Crippen LogP contribution is 2.44. The number of hydrogen-bond donors (Lipinski definition) is 1. The van der Waals surface area contributed by atoms with Crippen molar-refractivity contribution in [3.05, 3.63) is 133 Å². The van der Waals surface area contributed by atoms with Gasteiger partial charge in [0, 0.05) is 21.9 Å². The second-order valence-corrected chi connectivity index (χ2v) is 11.2. The van der Waals surface area contributed by atoms with Gasteiger partial charge in [0.2, 0.25) is 0 Å². The molecule has 0 saturated heterocycles. The minimum absolute atomic E-state index is 0.225. The summed E-state index contributed by atoms with van der Waals surface area (Å²) < 4.78 is 7.51. The Balaban J connectivity index is 1.40. The lowest BCUT2D eigenvalue weighted by Gasteiger charge is -2.10. The van der Waals surface area contributed by atoms with E-state index < -0.39 is 0 Å². The van der Waals surface area contributed by atoms with E-state index in [-0.39, 0.29) is 5.75 Å². The van der Waals surface area contributed by atoms with Crippen molar-refractivity contribution < 1.29 is 9.52 Å². The van der Waals surface area contributed by atoms with E-state index in [9.17, 15) is 5.11 Å². The fraction of sp³-hybridized carbons (Fsp3) is 0. The van der Waals surface area contributed by atoms with Crippen LogP contribution in [0.2, 0.25) is 0 Å². The van der Waals surface area contributed by atoms with Crippen molar-refractivity contribution in [3.63, 3.8) is 0 Å². The molecule has 194 valence electrons. The quantitative estimate of drug-likeness (QED) is 0.239. The smallest absolute Gasteiger partial charge is 0.143 e. The predicted molar refractivity (Wildman–Crippen MR) is 170 cm³/mol. The van der Waals surface area contributed by atoms with E-state index in [0.717, 1.165) is 65.0 Å². The number of phenolic OH excluding ortho intramolecular Hbond substituents is 1. The largest absolute Gasteiger partial charge is 0.507 e. The zero-order valence-electron chi connectivity index (χ0n) is 21.9. The van der Waals surface area contributed by atoms with Crippen molar-refractivity contribution in [2.45, 2.75) is 0 Å². The summed E-state index contributed by atoms with van der Waals surface area (Å²) >= 11 is 1.59. The number of benzene rings is 6. The number of para-hydroxylation sites is 3. The Morgan fingerprint density at radius 3 is 2.10 bits per heavy atom. The Bertz CT molecular complexity index is 2230. The van der Waals surface area contributed by atoms with Gasteiger partial charge in [-0.2, -0.15) is 0 Å². The summed E-state index contributed by atoms with van der Waals surface area (Å²) in [5.41, 5.74) is 9.93. The Morgan fingerprint density at radius 1 is 0.537 bits per heavy atom. The zero-order valence-corrected chi connectivity index (χ0v) is 22.7. The Kier molecular flexibility index (Phi) is 5.47. The Hall–Kier alpha value is -5.19. The van der Waals surface area contributed by atoms with Gasteiger partial charge in [-0.25, -0.2) is 4.98 Å². The molecule has 0 bridgehead atoms. The van der Waals surface area contributed by atoms with Gasteiger partial charge in [-0.05, 0) is 58.7 Å². The number of aromatic nitrogens is 1. The number of thiazole rings is 1.